The van der Waals surface area contributed by atoms with Crippen LogP contribution < -0.4 is 12.4 Å². The third-order valence-electron chi connectivity index (χ3n) is 6.09. The van der Waals surface area contributed by atoms with Crippen LogP contribution in [0.2, 0.25) is 0 Å². The lowest BCUT2D eigenvalue weighted by atomic mass is 10.1. The summed E-state index contributed by atoms with van der Waals surface area (Å²) < 4.78 is 21.3. The molecule has 0 bridgehead atoms. The molecule has 7 heteroatoms. The Morgan fingerprint density at radius 3 is 2.25 bits per heavy atom. The highest BCUT2D eigenvalue weighted by Gasteiger charge is 2.25. The van der Waals surface area contributed by atoms with Crippen molar-refractivity contribution >= 4 is 5.97 Å². The lowest BCUT2D eigenvalue weighted by molar-refractivity contribution is -0.896. The van der Waals surface area contributed by atoms with Crippen molar-refractivity contribution < 1.29 is 30.8 Å². The third-order valence-corrected chi connectivity index (χ3v) is 6.09. The highest BCUT2D eigenvalue weighted by atomic mass is 35.5. The van der Waals surface area contributed by atoms with Crippen LogP contribution >= 0.6 is 0 Å². The molecule has 5 nitrogen and oxygen atoms in total. The second-order valence-corrected chi connectivity index (χ2v) is 9.88. The van der Waals surface area contributed by atoms with Crippen LogP contribution in [0.1, 0.15) is 57.4 Å². The van der Waals surface area contributed by atoms with Gasteiger partial charge in [0.2, 0.25) is 0 Å². The van der Waals surface area contributed by atoms with E-state index in [1.54, 1.807) is 12.1 Å². The monoisotopic (exact) mass is 515 g/mol. The summed E-state index contributed by atoms with van der Waals surface area (Å²) in [6.07, 6.45) is 10.3. The van der Waals surface area contributed by atoms with E-state index >= 15 is 0 Å². The minimum atomic E-state index is -0.280. The molecule has 0 atom stereocenters. The summed E-state index contributed by atoms with van der Waals surface area (Å²) in [5, 5.41) is 4.81. The van der Waals surface area contributed by atoms with E-state index in [0.29, 0.717) is 17.6 Å². The number of benzene rings is 2. The molecule has 2 aromatic carbocycles. The van der Waals surface area contributed by atoms with Gasteiger partial charge in [-0.25, -0.2) is 13.9 Å². The second-order valence-electron chi connectivity index (χ2n) is 9.88. The molecule has 196 valence electrons. The number of ether oxygens (including phenoxy) is 1. The first-order valence-corrected chi connectivity index (χ1v) is 12.8. The zero-order chi connectivity index (χ0) is 25.1. The van der Waals surface area contributed by atoms with Gasteiger partial charge in [-0.05, 0) is 42.8 Å². The van der Waals surface area contributed by atoms with Gasteiger partial charge < -0.3 is 21.6 Å². The van der Waals surface area contributed by atoms with Gasteiger partial charge >= 0.3 is 5.97 Å². The molecule has 0 N–H and O–H groups in total. The Kier molecular flexibility index (Phi) is 12.1. The maximum atomic E-state index is 13.5. The van der Waals surface area contributed by atoms with Crippen molar-refractivity contribution in [1.82, 2.24) is 9.78 Å². The molecule has 3 aromatic rings. The Labute approximate surface area is 221 Å². The number of unbranched alkanes of at least 4 members (excludes halogenated alkanes) is 6. The van der Waals surface area contributed by atoms with Crippen LogP contribution in [0.25, 0.3) is 16.9 Å². The maximum absolute atomic E-state index is 13.5. The molecule has 0 fully saturated rings. The summed E-state index contributed by atoms with van der Waals surface area (Å²) in [6.45, 7) is 3.57. The lowest BCUT2D eigenvalue weighted by Crippen LogP contribution is -3.00. The number of carbonyl (C=O) groups excluding carboxylic acids is 1. The lowest BCUT2D eigenvalue weighted by Gasteiger charge is -2.28. The van der Waals surface area contributed by atoms with E-state index in [9.17, 15) is 9.18 Å². The molecule has 1 aromatic heterocycles. The van der Waals surface area contributed by atoms with Crippen molar-refractivity contribution in [2.24, 2.45) is 0 Å². The van der Waals surface area contributed by atoms with E-state index in [0.717, 1.165) is 35.3 Å². The van der Waals surface area contributed by atoms with Crippen LogP contribution in [0, 0.1) is 5.82 Å². The molecule has 0 saturated carbocycles. The number of hydrogen-bond acceptors (Lipinski definition) is 3. The first-order chi connectivity index (χ1) is 16.9. The molecule has 0 unspecified atom stereocenters. The fourth-order valence-corrected chi connectivity index (χ4v) is 4.25. The molecular formula is C29H39ClFN3O2. The Morgan fingerprint density at radius 2 is 1.58 bits per heavy atom. The van der Waals surface area contributed by atoms with Crippen LogP contribution in [0.4, 0.5) is 4.39 Å². The van der Waals surface area contributed by atoms with E-state index < -0.39 is 0 Å². The Bertz CT molecular complexity index is 1050. The van der Waals surface area contributed by atoms with Gasteiger partial charge in [-0.2, -0.15) is 5.10 Å². The highest BCUT2D eigenvalue weighted by molar-refractivity contribution is 5.70. The van der Waals surface area contributed by atoms with Gasteiger partial charge in [0.1, 0.15) is 18.1 Å². The van der Waals surface area contributed by atoms with Crippen LogP contribution in [-0.4, -0.2) is 47.5 Å². The van der Waals surface area contributed by atoms with Gasteiger partial charge in [-0.3, -0.25) is 0 Å². The zero-order valence-corrected chi connectivity index (χ0v) is 22.5. The SMILES string of the molecule is CCCCCCCCCOC(=O)C[N+](C)(C)Cc1cn(-c2ccccc2)nc1-c1ccc(F)cc1.[Cl-]. The van der Waals surface area contributed by atoms with Crippen LogP contribution in [0.3, 0.4) is 0 Å². The standard InChI is InChI=1S/C29H39FN3O2.ClH/c1-4-5-6-7-8-9-13-20-35-28(34)23-33(2,3)22-25-21-32(27-14-11-10-12-15-27)31-29(25)24-16-18-26(30)19-17-24;/h10-12,14-19,21H,4-9,13,20,22-23H2,1-3H3;1H/q+1;/p-1. The summed E-state index contributed by atoms with van der Waals surface area (Å²) >= 11 is 0. The van der Waals surface area contributed by atoms with E-state index in [4.69, 9.17) is 9.84 Å². The molecule has 0 spiro atoms. The summed E-state index contributed by atoms with van der Waals surface area (Å²) in [4.78, 5) is 12.5. The normalized spacial score (nSPS) is 11.2. The fourth-order valence-electron chi connectivity index (χ4n) is 4.25. The van der Waals surface area contributed by atoms with Gasteiger partial charge in [0.25, 0.3) is 0 Å². The maximum Gasteiger partial charge on any atom is 0.361 e. The molecule has 0 aliphatic heterocycles. The Balaban J connectivity index is 0.00000456. The highest BCUT2D eigenvalue weighted by Crippen LogP contribution is 2.26. The van der Waals surface area contributed by atoms with Crippen LogP contribution in [-0.2, 0) is 16.1 Å². The van der Waals surface area contributed by atoms with Gasteiger partial charge in [-0.1, -0.05) is 63.6 Å². The molecule has 0 amide bonds. The largest absolute Gasteiger partial charge is 1.00 e. The third kappa shape index (κ3) is 9.40. The quantitative estimate of drug-likeness (QED) is 0.187. The van der Waals surface area contributed by atoms with Crippen LogP contribution in [0.15, 0.2) is 60.8 Å². The molecule has 1 heterocycles. The molecule has 0 radical (unpaired) electrons. The number of nitrogens with zero attached hydrogens (tertiary/aromatic N) is 3. The predicted molar refractivity (Wildman–Crippen MR) is 139 cm³/mol. The summed E-state index contributed by atoms with van der Waals surface area (Å²) in [6, 6.07) is 16.3. The van der Waals surface area contributed by atoms with Crippen molar-refractivity contribution in [3.05, 3.63) is 72.2 Å². The molecule has 0 aliphatic carbocycles. The number of halogens is 2. The first-order valence-electron chi connectivity index (χ1n) is 12.8. The van der Waals surface area contributed by atoms with E-state index in [2.05, 4.69) is 6.92 Å². The smallest absolute Gasteiger partial charge is 0.361 e. The molecule has 3 rings (SSSR count). The van der Waals surface area contributed by atoms with Gasteiger partial charge in [0.05, 0.1) is 32.0 Å². The van der Waals surface area contributed by atoms with Crippen molar-refractivity contribution in [2.45, 2.75) is 58.4 Å². The molecule has 36 heavy (non-hydrogen) atoms. The predicted octanol–water partition coefficient (Wildman–Crippen LogP) is 3.55. The minimum Gasteiger partial charge on any atom is -1.00 e. The van der Waals surface area contributed by atoms with E-state index in [-0.39, 0.29) is 30.7 Å². The second kappa shape index (κ2) is 14.8. The Hall–Kier alpha value is -2.70. The van der Waals surface area contributed by atoms with E-state index in [1.165, 1.54) is 44.2 Å². The number of aromatic nitrogens is 2. The number of quaternary nitrogens is 1. The van der Waals surface area contributed by atoms with Crippen molar-refractivity contribution in [2.75, 3.05) is 27.2 Å². The molecule has 0 saturated heterocycles. The average molecular weight is 516 g/mol. The van der Waals surface area contributed by atoms with Gasteiger partial charge in [-0.15, -0.1) is 0 Å². The first kappa shape index (κ1) is 29.5. The summed E-state index contributed by atoms with van der Waals surface area (Å²) in [5.74, 6) is -0.461. The van der Waals surface area contributed by atoms with E-state index in [1.807, 2.05) is 55.3 Å². The minimum absolute atomic E-state index is 0. The average Bonchev–Trinajstić information content (AvgIpc) is 3.24. The number of rotatable bonds is 14. The van der Waals surface area contributed by atoms with Crippen molar-refractivity contribution in [1.29, 1.82) is 0 Å². The molecular weight excluding hydrogens is 477 g/mol. The fraction of sp³-hybridized carbons (Fsp3) is 0.448. The van der Waals surface area contributed by atoms with Crippen LogP contribution in [0.5, 0.6) is 0 Å². The van der Waals surface area contributed by atoms with Gasteiger partial charge in [0.15, 0.2) is 6.54 Å². The Morgan fingerprint density at radius 1 is 0.944 bits per heavy atom. The van der Waals surface area contributed by atoms with Crippen molar-refractivity contribution in [3.8, 4) is 16.9 Å². The van der Waals surface area contributed by atoms with Gasteiger partial charge in [0, 0.05) is 11.8 Å². The number of esters is 1. The molecule has 0 aliphatic rings. The summed E-state index contributed by atoms with van der Waals surface area (Å²) in [7, 11) is 4.03. The number of carbonyl (C=O) groups is 1. The van der Waals surface area contributed by atoms with Crippen molar-refractivity contribution in [3.63, 3.8) is 0 Å². The number of hydrogen-bond donors (Lipinski definition) is 0. The summed E-state index contributed by atoms with van der Waals surface area (Å²) in [5.41, 5.74) is 3.57. The number of para-hydroxylation sites is 1. The number of likely N-dealkylation sites (N-methyl/N-ethyl adjacent to an activating group) is 1. The zero-order valence-electron chi connectivity index (χ0n) is 21.8. The topological polar surface area (TPSA) is 44.1 Å².